The third kappa shape index (κ3) is 4.59. The van der Waals surface area contributed by atoms with Gasteiger partial charge in [-0.05, 0) is 26.0 Å². The number of aryl methyl sites for hydroxylation is 1. The summed E-state index contributed by atoms with van der Waals surface area (Å²) in [4.78, 5) is 27.3. The van der Waals surface area contributed by atoms with E-state index in [1.807, 2.05) is 0 Å². The van der Waals surface area contributed by atoms with Gasteiger partial charge in [0, 0.05) is 6.07 Å². The Morgan fingerprint density at radius 2 is 2.08 bits per heavy atom. The number of aromatic carboxylic acids is 1. The van der Waals surface area contributed by atoms with Crippen molar-refractivity contribution in [3.8, 4) is 5.75 Å². The molecule has 1 heterocycles. The molecule has 2 aromatic rings. The second-order valence-electron chi connectivity index (χ2n) is 4.93. The number of carbonyl (C=O) groups excluding carboxylic acids is 1. The Balaban J connectivity index is 1.92. The lowest BCUT2D eigenvalue weighted by Gasteiger charge is -2.12. The first-order valence-electron chi connectivity index (χ1n) is 6.85. The Hall–Kier alpha value is -1.83. The van der Waals surface area contributed by atoms with Crippen LogP contribution >= 0.6 is 34.5 Å². The van der Waals surface area contributed by atoms with Crippen LogP contribution in [0.25, 0.3) is 0 Å². The second-order valence-corrected chi connectivity index (χ2v) is 6.77. The highest BCUT2D eigenvalue weighted by molar-refractivity contribution is 7.13. The second kappa shape index (κ2) is 7.83. The maximum Gasteiger partial charge on any atom is 0.347 e. The van der Waals surface area contributed by atoms with Crippen molar-refractivity contribution >= 4 is 46.4 Å². The van der Waals surface area contributed by atoms with Crippen LogP contribution in [-0.2, 0) is 4.79 Å². The van der Waals surface area contributed by atoms with Crippen molar-refractivity contribution in [1.82, 2.24) is 10.3 Å². The summed E-state index contributed by atoms with van der Waals surface area (Å²) in [7, 11) is 0. The predicted octanol–water partition coefficient (Wildman–Crippen LogP) is 3.71. The van der Waals surface area contributed by atoms with Crippen LogP contribution in [0.15, 0.2) is 18.2 Å². The summed E-state index contributed by atoms with van der Waals surface area (Å²) in [6, 6.07) is 4.27. The Labute approximate surface area is 152 Å². The van der Waals surface area contributed by atoms with Crippen LogP contribution in [0.2, 0.25) is 10.0 Å². The van der Waals surface area contributed by atoms with Gasteiger partial charge in [0.05, 0.1) is 21.8 Å². The standard InChI is InChI=1S/C15H14Cl2N2O4S/c1-7-13(15(21)22)24-14(19-7)8(2)18-12(20)6-23-9-3-4-10(16)11(17)5-9/h3-5,8H,6H2,1-2H3,(H,18,20)(H,21,22). The molecule has 1 aromatic carbocycles. The summed E-state index contributed by atoms with van der Waals surface area (Å²) in [5, 5.41) is 13.0. The summed E-state index contributed by atoms with van der Waals surface area (Å²) in [6.45, 7) is 3.13. The van der Waals surface area contributed by atoms with E-state index >= 15 is 0 Å². The fourth-order valence-corrected chi connectivity index (χ4v) is 3.06. The summed E-state index contributed by atoms with van der Waals surface area (Å²) < 4.78 is 5.34. The number of carboxylic acids is 1. The smallest absolute Gasteiger partial charge is 0.347 e. The maximum atomic E-state index is 11.9. The van der Waals surface area contributed by atoms with Gasteiger partial charge in [0.25, 0.3) is 5.91 Å². The monoisotopic (exact) mass is 388 g/mol. The fraction of sp³-hybridized carbons (Fsp3) is 0.267. The van der Waals surface area contributed by atoms with Crippen molar-refractivity contribution in [2.45, 2.75) is 19.9 Å². The topological polar surface area (TPSA) is 88.5 Å². The average Bonchev–Trinajstić information content (AvgIpc) is 2.91. The molecule has 128 valence electrons. The van der Waals surface area contributed by atoms with E-state index in [0.717, 1.165) is 11.3 Å². The zero-order valence-electron chi connectivity index (χ0n) is 12.8. The van der Waals surface area contributed by atoms with E-state index in [1.54, 1.807) is 26.0 Å². The van der Waals surface area contributed by atoms with Crippen molar-refractivity contribution in [1.29, 1.82) is 0 Å². The molecule has 0 spiro atoms. The highest BCUT2D eigenvalue weighted by Crippen LogP contribution is 2.26. The molecule has 0 saturated heterocycles. The van der Waals surface area contributed by atoms with Gasteiger partial charge in [-0.3, -0.25) is 4.79 Å². The lowest BCUT2D eigenvalue weighted by atomic mass is 10.3. The zero-order chi connectivity index (χ0) is 17.9. The molecule has 1 unspecified atom stereocenters. The lowest BCUT2D eigenvalue weighted by Crippen LogP contribution is -2.31. The number of benzene rings is 1. The zero-order valence-corrected chi connectivity index (χ0v) is 15.1. The molecule has 0 radical (unpaired) electrons. The number of nitrogens with one attached hydrogen (secondary N) is 1. The van der Waals surface area contributed by atoms with Gasteiger partial charge in [0.1, 0.15) is 15.6 Å². The molecule has 6 nitrogen and oxygen atoms in total. The van der Waals surface area contributed by atoms with Gasteiger partial charge in [-0.25, -0.2) is 9.78 Å². The number of thiazole rings is 1. The first-order chi connectivity index (χ1) is 11.3. The van der Waals surface area contributed by atoms with Crippen LogP contribution < -0.4 is 10.1 Å². The molecule has 0 fully saturated rings. The van der Waals surface area contributed by atoms with Gasteiger partial charge in [0.15, 0.2) is 6.61 Å². The van der Waals surface area contributed by atoms with Gasteiger partial charge < -0.3 is 15.2 Å². The SMILES string of the molecule is Cc1nc(C(C)NC(=O)COc2ccc(Cl)c(Cl)c2)sc1C(=O)O. The summed E-state index contributed by atoms with van der Waals surface area (Å²) in [6.07, 6.45) is 0. The Kier molecular flexibility index (Phi) is 6.04. The third-order valence-electron chi connectivity index (χ3n) is 3.02. The molecule has 1 amide bonds. The highest BCUT2D eigenvalue weighted by Gasteiger charge is 2.19. The van der Waals surface area contributed by atoms with Crippen molar-refractivity contribution < 1.29 is 19.4 Å². The quantitative estimate of drug-likeness (QED) is 0.786. The number of hydrogen-bond donors (Lipinski definition) is 2. The molecule has 2 N–H and O–H groups in total. The maximum absolute atomic E-state index is 11.9. The molecular formula is C15H14Cl2N2O4S. The van der Waals surface area contributed by atoms with Crippen molar-refractivity contribution in [2.24, 2.45) is 0 Å². The third-order valence-corrected chi connectivity index (χ3v) is 5.08. The first-order valence-corrected chi connectivity index (χ1v) is 8.43. The predicted molar refractivity (Wildman–Crippen MR) is 92.3 cm³/mol. The molecule has 0 aliphatic carbocycles. The minimum atomic E-state index is -1.03. The van der Waals surface area contributed by atoms with Gasteiger partial charge in [-0.1, -0.05) is 23.2 Å². The van der Waals surface area contributed by atoms with Gasteiger partial charge in [-0.15, -0.1) is 11.3 Å². The minimum Gasteiger partial charge on any atom is -0.484 e. The number of carboxylic acid groups (broad SMARTS) is 1. The fourth-order valence-electron chi connectivity index (χ4n) is 1.86. The normalized spacial score (nSPS) is 11.8. The molecule has 2 rings (SSSR count). The Bertz CT molecular complexity index is 779. The van der Waals surface area contributed by atoms with E-state index in [0.29, 0.717) is 26.5 Å². The van der Waals surface area contributed by atoms with Crippen molar-refractivity contribution in [3.05, 3.63) is 43.8 Å². The van der Waals surface area contributed by atoms with E-state index < -0.39 is 12.0 Å². The molecule has 0 aliphatic heterocycles. The molecule has 0 bridgehead atoms. The lowest BCUT2D eigenvalue weighted by molar-refractivity contribution is -0.123. The molecule has 24 heavy (non-hydrogen) atoms. The number of rotatable bonds is 6. The number of halogens is 2. The van der Waals surface area contributed by atoms with E-state index in [1.165, 1.54) is 6.07 Å². The van der Waals surface area contributed by atoms with Gasteiger partial charge in [-0.2, -0.15) is 0 Å². The van der Waals surface area contributed by atoms with E-state index in [-0.39, 0.29) is 17.4 Å². The average molecular weight is 389 g/mol. The van der Waals surface area contributed by atoms with Crippen LogP contribution in [0.1, 0.15) is 33.3 Å². The molecule has 9 heteroatoms. The summed E-state index contributed by atoms with van der Waals surface area (Å²) in [5.74, 6) is -0.971. The van der Waals surface area contributed by atoms with Crippen LogP contribution in [-0.4, -0.2) is 28.6 Å². The van der Waals surface area contributed by atoms with Crippen molar-refractivity contribution in [2.75, 3.05) is 6.61 Å². The number of aromatic nitrogens is 1. The Morgan fingerprint density at radius 1 is 1.38 bits per heavy atom. The van der Waals surface area contributed by atoms with E-state index in [4.69, 9.17) is 33.0 Å². The summed E-state index contributed by atoms with van der Waals surface area (Å²) >= 11 is 12.7. The first kappa shape index (κ1) is 18.5. The molecule has 1 aromatic heterocycles. The Morgan fingerprint density at radius 3 is 2.67 bits per heavy atom. The molecular weight excluding hydrogens is 375 g/mol. The van der Waals surface area contributed by atoms with Crippen LogP contribution in [0.5, 0.6) is 5.75 Å². The van der Waals surface area contributed by atoms with E-state index in [9.17, 15) is 9.59 Å². The largest absolute Gasteiger partial charge is 0.484 e. The molecule has 0 saturated carbocycles. The molecule has 1 atom stereocenters. The molecule has 0 aliphatic rings. The van der Waals surface area contributed by atoms with Crippen molar-refractivity contribution in [3.63, 3.8) is 0 Å². The van der Waals surface area contributed by atoms with Gasteiger partial charge in [0.2, 0.25) is 0 Å². The van der Waals surface area contributed by atoms with Crippen LogP contribution in [0.3, 0.4) is 0 Å². The van der Waals surface area contributed by atoms with Crippen LogP contribution in [0.4, 0.5) is 0 Å². The number of carbonyl (C=O) groups is 2. The number of amides is 1. The van der Waals surface area contributed by atoms with E-state index in [2.05, 4.69) is 10.3 Å². The minimum absolute atomic E-state index is 0.165. The highest BCUT2D eigenvalue weighted by atomic mass is 35.5. The number of hydrogen-bond acceptors (Lipinski definition) is 5. The van der Waals surface area contributed by atoms with Gasteiger partial charge >= 0.3 is 5.97 Å². The number of nitrogens with zero attached hydrogens (tertiary/aromatic N) is 1. The summed E-state index contributed by atoms with van der Waals surface area (Å²) in [5.41, 5.74) is 0.427. The van der Waals surface area contributed by atoms with Crippen LogP contribution in [0, 0.1) is 6.92 Å². The number of ether oxygens (including phenoxy) is 1.